The lowest BCUT2D eigenvalue weighted by molar-refractivity contribution is 0.407. The van der Waals surface area contributed by atoms with Crippen LogP contribution >= 0.6 is 35.4 Å². The van der Waals surface area contributed by atoms with Crippen molar-refractivity contribution in [2.45, 2.75) is 33.4 Å². The van der Waals surface area contributed by atoms with Crippen LogP contribution in [-0.4, -0.2) is 28.2 Å². The molecule has 37 heavy (non-hydrogen) atoms. The van der Waals surface area contributed by atoms with Gasteiger partial charge in [0.1, 0.15) is 5.75 Å². The Balaban J connectivity index is 1.56. The first-order valence-electron chi connectivity index (χ1n) is 12.2. The van der Waals surface area contributed by atoms with Crippen molar-refractivity contribution in [3.05, 3.63) is 117 Å². The molecule has 3 aromatic carbocycles. The van der Waals surface area contributed by atoms with Gasteiger partial charge < -0.3 is 19.5 Å². The van der Waals surface area contributed by atoms with Gasteiger partial charge in [0.2, 0.25) is 0 Å². The quantitative estimate of drug-likeness (QED) is 0.214. The lowest BCUT2D eigenvalue weighted by Gasteiger charge is -2.27. The molecule has 0 aliphatic heterocycles. The first kappa shape index (κ1) is 27.1. The second-order valence-electron chi connectivity index (χ2n) is 9.13. The number of benzene rings is 3. The highest BCUT2D eigenvalue weighted by Gasteiger charge is 2.16. The predicted molar refractivity (Wildman–Crippen MR) is 159 cm³/mol. The number of halogens is 2. The van der Waals surface area contributed by atoms with E-state index in [0.29, 0.717) is 22.4 Å². The van der Waals surface area contributed by atoms with E-state index in [1.54, 1.807) is 13.2 Å². The van der Waals surface area contributed by atoms with Crippen LogP contribution in [0, 0.1) is 13.8 Å². The molecule has 0 spiro atoms. The molecular weight excluding hydrogens is 521 g/mol. The van der Waals surface area contributed by atoms with Crippen LogP contribution in [0.25, 0.3) is 0 Å². The SMILES string of the molecule is COc1ccc(Cl)cc1NC(=S)N(CCc1ccc(Cl)cc1)Cc1cccn1Cc1ccc(C)cc1C. The van der Waals surface area contributed by atoms with E-state index in [0.717, 1.165) is 30.2 Å². The summed E-state index contributed by atoms with van der Waals surface area (Å²) in [6.45, 7) is 6.48. The van der Waals surface area contributed by atoms with Crippen molar-refractivity contribution >= 4 is 46.2 Å². The summed E-state index contributed by atoms with van der Waals surface area (Å²) in [6.07, 6.45) is 2.95. The Bertz CT molecular complexity index is 1370. The van der Waals surface area contributed by atoms with Gasteiger partial charge in [-0.2, -0.15) is 0 Å². The molecule has 0 atom stereocenters. The first-order valence-corrected chi connectivity index (χ1v) is 13.3. The molecule has 192 valence electrons. The van der Waals surface area contributed by atoms with E-state index in [9.17, 15) is 0 Å². The zero-order valence-corrected chi connectivity index (χ0v) is 23.6. The summed E-state index contributed by atoms with van der Waals surface area (Å²) in [5.74, 6) is 0.683. The molecular formula is C30H31Cl2N3OS. The van der Waals surface area contributed by atoms with Crippen LogP contribution in [-0.2, 0) is 19.5 Å². The minimum atomic E-state index is 0.605. The highest BCUT2D eigenvalue weighted by Crippen LogP contribution is 2.28. The molecule has 0 bridgehead atoms. The Morgan fingerprint density at radius 3 is 2.46 bits per heavy atom. The van der Waals surface area contributed by atoms with Crippen molar-refractivity contribution in [3.63, 3.8) is 0 Å². The maximum atomic E-state index is 6.26. The average Bonchev–Trinajstić information content (AvgIpc) is 3.31. The molecule has 1 aromatic heterocycles. The second kappa shape index (κ2) is 12.5. The molecule has 0 saturated heterocycles. The molecule has 4 aromatic rings. The summed E-state index contributed by atoms with van der Waals surface area (Å²) in [5.41, 5.74) is 6.99. The average molecular weight is 553 g/mol. The summed E-state index contributed by atoms with van der Waals surface area (Å²) in [6, 6.07) is 24.3. The van der Waals surface area contributed by atoms with Crippen molar-refractivity contribution < 1.29 is 4.74 Å². The molecule has 4 nitrogen and oxygen atoms in total. The van der Waals surface area contributed by atoms with Gasteiger partial charge >= 0.3 is 0 Å². The van der Waals surface area contributed by atoms with Gasteiger partial charge in [-0.1, -0.05) is 59.1 Å². The molecule has 0 aliphatic carbocycles. The zero-order chi connectivity index (χ0) is 26.4. The summed E-state index contributed by atoms with van der Waals surface area (Å²) in [7, 11) is 1.63. The van der Waals surface area contributed by atoms with Gasteiger partial charge in [-0.25, -0.2) is 0 Å². The van der Waals surface area contributed by atoms with Gasteiger partial charge in [0.05, 0.1) is 19.3 Å². The smallest absolute Gasteiger partial charge is 0.173 e. The minimum Gasteiger partial charge on any atom is -0.495 e. The third-order valence-corrected chi connectivity index (χ3v) is 7.24. The molecule has 0 unspecified atom stereocenters. The predicted octanol–water partition coefficient (Wildman–Crippen LogP) is 7.91. The molecule has 0 saturated carbocycles. The number of ether oxygens (including phenoxy) is 1. The van der Waals surface area contributed by atoms with Gasteiger partial charge in [0.15, 0.2) is 5.11 Å². The normalized spacial score (nSPS) is 10.8. The third-order valence-electron chi connectivity index (χ3n) is 6.39. The van der Waals surface area contributed by atoms with Crippen molar-refractivity contribution in [1.29, 1.82) is 0 Å². The van der Waals surface area contributed by atoms with Crippen LogP contribution in [0.3, 0.4) is 0 Å². The highest BCUT2D eigenvalue weighted by atomic mass is 35.5. The molecule has 0 radical (unpaired) electrons. The largest absolute Gasteiger partial charge is 0.495 e. The number of hydrogen-bond donors (Lipinski definition) is 1. The lowest BCUT2D eigenvalue weighted by atomic mass is 10.1. The van der Waals surface area contributed by atoms with Crippen molar-refractivity contribution in [3.8, 4) is 5.75 Å². The number of methoxy groups -OCH3 is 1. The number of hydrogen-bond acceptors (Lipinski definition) is 2. The Labute approximate surface area is 234 Å². The van der Waals surface area contributed by atoms with E-state index in [4.69, 9.17) is 40.2 Å². The fraction of sp³-hybridized carbons (Fsp3) is 0.233. The van der Waals surface area contributed by atoms with E-state index < -0.39 is 0 Å². The molecule has 4 rings (SSSR count). The summed E-state index contributed by atoms with van der Waals surface area (Å²) in [4.78, 5) is 2.18. The Morgan fingerprint density at radius 2 is 1.73 bits per heavy atom. The summed E-state index contributed by atoms with van der Waals surface area (Å²) in [5, 5.41) is 5.31. The van der Waals surface area contributed by atoms with E-state index >= 15 is 0 Å². The van der Waals surface area contributed by atoms with Crippen LogP contribution in [0.4, 0.5) is 5.69 Å². The molecule has 0 aliphatic rings. The van der Waals surface area contributed by atoms with E-state index in [2.05, 4.69) is 77.3 Å². The number of rotatable bonds is 9. The number of nitrogens with zero attached hydrogens (tertiary/aromatic N) is 2. The Kier molecular flexibility index (Phi) is 9.14. The lowest BCUT2D eigenvalue weighted by Crippen LogP contribution is -2.36. The zero-order valence-electron chi connectivity index (χ0n) is 21.3. The number of aromatic nitrogens is 1. The van der Waals surface area contributed by atoms with Gasteiger partial charge in [0, 0.05) is 35.0 Å². The van der Waals surface area contributed by atoms with Crippen molar-refractivity contribution in [2.24, 2.45) is 0 Å². The number of thiocarbonyl (C=S) groups is 1. The second-order valence-corrected chi connectivity index (χ2v) is 10.4. The van der Waals surface area contributed by atoms with E-state index in [1.165, 1.54) is 27.9 Å². The van der Waals surface area contributed by atoms with Crippen LogP contribution in [0.1, 0.15) is 27.9 Å². The number of aryl methyl sites for hydroxylation is 2. The van der Waals surface area contributed by atoms with Gasteiger partial charge in [-0.15, -0.1) is 0 Å². The maximum Gasteiger partial charge on any atom is 0.173 e. The molecule has 0 fully saturated rings. The minimum absolute atomic E-state index is 0.605. The monoisotopic (exact) mass is 551 g/mol. The maximum absolute atomic E-state index is 6.26. The van der Waals surface area contributed by atoms with Crippen LogP contribution in [0.5, 0.6) is 5.75 Å². The molecule has 1 N–H and O–H groups in total. The fourth-order valence-electron chi connectivity index (χ4n) is 4.29. The number of anilines is 1. The van der Waals surface area contributed by atoms with E-state index in [-0.39, 0.29) is 0 Å². The van der Waals surface area contributed by atoms with Gasteiger partial charge in [0.25, 0.3) is 0 Å². The summed E-state index contributed by atoms with van der Waals surface area (Å²) < 4.78 is 7.80. The van der Waals surface area contributed by atoms with E-state index in [1.807, 2.05) is 24.3 Å². The molecule has 1 heterocycles. The standard InChI is InChI=1S/C30H31Cl2N3OS/c1-21-6-9-24(22(2)17-21)19-34-15-4-5-27(34)20-35(16-14-23-7-10-25(31)11-8-23)30(37)33-28-18-26(32)12-13-29(28)36-3/h4-13,15,17-18H,14,16,19-20H2,1-3H3,(H,33,37). The molecule has 7 heteroatoms. The summed E-state index contributed by atoms with van der Waals surface area (Å²) >= 11 is 18.3. The van der Waals surface area contributed by atoms with Crippen molar-refractivity contribution in [1.82, 2.24) is 9.47 Å². The highest BCUT2D eigenvalue weighted by molar-refractivity contribution is 7.80. The van der Waals surface area contributed by atoms with Crippen molar-refractivity contribution in [2.75, 3.05) is 19.0 Å². The third kappa shape index (κ3) is 7.29. The Morgan fingerprint density at radius 1 is 0.973 bits per heavy atom. The number of nitrogens with one attached hydrogen (secondary N) is 1. The fourth-order valence-corrected chi connectivity index (χ4v) is 4.85. The molecule has 0 amide bonds. The first-order chi connectivity index (χ1) is 17.8. The Hall–Kier alpha value is -2.99. The van der Waals surface area contributed by atoms with Gasteiger partial charge in [-0.05, 0) is 91.6 Å². The van der Waals surface area contributed by atoms with Crippen LogP contribution in [0.2, 0.25) is 10.0 Å². The van der Waals surface area contributed by atoms with Gasteiger partial charge in [-0.3, -0.25) is 0 Å². The van der Waals surface area contributed by atoms with Crippen LogP contribution < -0.4 is 10.1 Å². The topological polar surface area (TPSA) is 29.4 Å². The van der Waals surface area contributed by atoms with Crippen LogP contribution in [0.15, 0.2) is 79.0 Å².